The molecule has 0 atom stereocenters. The van der Waals surface area contributed by atoms with Gasteiger partial charge in [-0.1, -0.05) is 12.1 Å². The molecule has 0 aliphatic rings. The average Bonchev–Trinajstić information content (AvgIpc) is 3.02. The van der Waals surface area contributed by atoms with Crippen molar-refractivity contribution >= 4 is 33.1 Å². The maximum Gasteiger partial charge on any atom is 0.221 e. The summed E-state index contributed by atoms with van der Waals surface area (Å²) in [5.74, 6) is 0.615. The van der Waals surface area contributed by atoms with E-state index in [0.29, 0.717) is 19.8 Å². The summed E-state index contributed by atoms with van der Waals surface area (Å²) in [5, 5.41) is 3.75. The Morgan fingerprint density at radius 3 is 2.80 bits per heavy atom. The quantitative estimate of drug-likeness (QED) is 0.683. The molecule has 6 heteroatoms. The number of nitrogens with one attached hydrogen (secondary N) is 1. The summed E-state index contributed by atoms with van der Waals surface area (Å²) in [6, 6.07) is 13.6. The summed E-state index contributed by atoms with van der Waals surface area (Å²) in [4.78, 5) is 15.9. The van der Waals surface area contributed by atoms with Crippen LogP contribution in [0.4, 0.5) is 5.69 Å². The van der Waals surface area contributed by atoms with Crippen LogP contribution in [0, 0.1) is 0 Å². The van der Waals surface area contributed by atoms with E-state index < -0.39 is 0 Å². The van der Waals surface area contributed by atoms with Crippen LogP contribution in [0.3, 0.4) is 0 Å². The van der Waals surface area contributed by atoms with Gasteiger partial charge in [0.15, 0.2) is 0 Å². The Kier molecular flexibility index (Phi) is 5.63. The molecule has 1 N–H and O–H groups in total. The normalized spacial score (nSPS) is 10.8. The predicted octanol–water partition coefficient (Wildman–Crippen LogP) is 4.37. The molecule has 0 unspecified atom stereocenters. The Morgan fingerprint density at radius 1 is 1.20 bits per heavy atom. The number of rotatable bonds is 7. The minimum absolute atomic E-state index is 0.110. The third-order valence-corrected chi connectivity index (χ3v) is 4.56. The first-order chi connectivity index (χ1) is 12.2. The van der Waals surface area contributed by atoms with Gasteiger partial charge >= 0.3 is 0 Å². The van der Waals surface area contributed by atoms with E-state index in [1.807, 2.05) is 43.3 Å². The van der Waals surface area contributed by atoms with Gasteiger partial charge in [-0.2, -0.15) is 0 Å². The molecule has 1 heterocycles. The third-order valence-electron chi connectivity index (χ3n) is 3.55. The molecule has 1 aromatic heterocycles. The zero-order chi connectivity index (χ0) is 17.6. The zero-order valence-corrected chi connectivity index (χ0v) is 15.1. The zero-order valence-electron chi connectivity index (χ0n) is 14.2. The number of fused-ring (bicyclic) bond motifs is 1. The standard InChI is InChI=1S/C19H20N2O3S/c1-3-23-11-14-10-15(8-9-16(14)20-13(2)22)24-12-19-21-17-6-4-5-7-18(17)25-19/h4-10H,3,11-12H2,1-2H3,(H,20,22). The van der Waals surface area contributed by atoms with Gasteiger partial charge in [-0.15, -0.1) is 11.3 Å². The number of hydrogen-bond donors (Lipinski definition) is 1. The van der Waals surface area contributed by atoms with Crippen LogP contribution in [0.2, 0.25) is 0 Å². The van der Waals surface area contributed by atoms with Crippen LogP contribution in [-0.2, 0) is 22.7 Å². The van der Waals surface area contributed by atoms with Crippen molar-refractivity contribution in [2.45, 2.75) is 27.1 Å². The van der Waals surface area contributed by atoms with Crippen molar-refractivity contribution in [3.8, 4) is 5.75 Å². The topological polar surface area (TPSA) is 60.5 Å². The van der Waals surface area contributed by atoms with E-state index >= 15 is 0 Å². The Balaban J connectivity index is 1.73. The molecule has 0 fully saturated rings. The molecule has 2 aromatic carbocycles. The smallest absolute Gasteiger partial charge is 0.221 e. The van der Waals surface area contributed by atoms with E-state index in [4.69, 9.17) is 9.47 Å². The number of benzene rings is 2. The van der Waals surface area contributed by atoms with E-state index in [1.54, 1.807) is 11.3 Å². The number of nitrogens with zero attached hydrogens (tertiary/aromatic N) is 1. The highest BCUT2D eigenvalue weighted by atomic mass is 32.1. The van der Waals surface area contributed by atoms with Gasteiger partial charge < -0.3 is 14.8 Å². The second-order valence-electron chi connectivity index (χ2n) is 5.50. The Morgan fingerprint density at radius 2 is 2.04 bits per heavy atom. The highest BCUT2D eigenvalue weighted by Gasteiger charge is 2.08. The summed E-state index contributed by atoms with van der Waals surface area (Å²) >= 11 is 1.63. The lowest BCUT2D eigenvalue weighted by Gasteiger charge is -2.12. The fourth-order valence-corrected chi connectivity index (χ4v) is 3.31. The number of amides is 1. The maximum atomic E-state index is 11.3. The van der Waals surface area contributed by atoms with E-state index in [-0.39, 0.29) is 5.91 Å². The lowest BCUT2D eigenvalue weighted by atomic mass is 10.1. The van der Waals surface area contributed by atoms with Crippen LogP contribution >= 0.6 is 11.3 Å². The van der Waals surface area contributed by atoms with Crippen LogP contribution in [0.1, 0.15) is 24.4 Å². The fraction of sp³-hybridized carbons (Fsp3) is 0.263. The van der Waals surface area contributed by atoms with Gasteiger partial charge in [-0.05, 0) is 37.3 Å². The first kappa shape index (κ1) is 17.4. The van der Waals surface area contributed by atoms with Crippen molar-refractivity contribution < 1.29 is 14.3 Å². The molecule has 3 aromatic rings. The molecule has 0 aliphatic carbocycles. The van der Waals surface area contributed by atoms with E-state index in [9.17, 15) is 4.79 Å². The number of carbonyl (C=O) groups excluding carboxylic acids is 1. The van der Waals surface area contributed by atoms with Crippen LogP contribution < -0.4 is 10.1 Å². The monoisotopic (exact) mass is 356 g/mol. The van der Waals surface area contributed by atoms with Crippen molar-refractivity contribution in [2.75, 3.05) is 11.9 Å². The van der Waals surface area contributed by atoms with Crippen LogP contribution in [0.5, 0.6) is 5.75 Å². The molecule has 130 valence electrons. The third kappa shape index (κ3) is 4.55. The fourth-order valence-electron chi connectivity index (χ4n) is 2.43. The molecule has 0 bridgehead atoms. The molecule has 25 heavy (non-hydrogen) atoms. The highest BCUT2D eigenvalue weighted by Crippen LogP contribution is 2.26. The van der Waals surface area contributed by atoms with Crippen molar-refractivity contribution in [2.24, 2.45) is 0 Å². The van der Waals surface area contributed by atoms with Crippen LogP contribution in [0.15, 0.2) is 42.5 Å². The highest BCUT2D eigenvalue weighted by molar-refractivity contribution is 7.18. The lowest BCUT2D eigenvalue weighted by molar-refractivity contribution is -0.114. The second kappa shape index (κ2) is 8.09. The molecule has 0 saturated heterocycles. The minimum Gasteiger partial charge on any atom is -0.486 e. The van der Waals surface area contributed by atoms with E-state index in [0.717, 1.165) is 32.2 Å². The first-order valence-corrected chi connectivity index (χ1v) is 8.93. The van der Waals surface area contributed by atoms with E-state index in [1.165, 1.54) is 6.92 Å². The van der Waals surface area contributed by atoms with Gasteiger partial charge in [-0.3, -0.25) is 4.79 Å². The van der Waals surface area contributed by atoms with E-state index in [2.05, 4.69) is 16.4 Å². The second-order valence-corrected chi connectivity index (χ2v) is 6.62. The first-order valence-electron chi connectivity index (χ1n) is 8.11. The van der Waals surface area contributed by atoms with Crippen molar-refractivity contribution in [3.63, 3.8) is 0 Å². The number of aromatic nitrogens is 1. The number of ether oxygens (including phenoxy) is 2. The van der Waals surface area contributed by atoms with Crippen LogP contribution in [0.25, 0.3) is 10.2 Å². The van der Waals surface area contributed by atoms with Gasteiger partial charge in [0.25, 0.3) is 0 Å². The number of para-hydroxylation sites is 1. The van der Waals surface area contributed by atoms with Gasteiger partial charge in [0.05, 0.1) is 16.8 Å². The van der Waals surface area contributed by atoms with Gasteiger partial charge in [0.2, 0.25) is 5.91 Å². The Labute approximate surface area is 150 Å². The van der Waals surface area contributed by atoms with Crippen LogP contribution in [-0.4, -0.2) is 17.5 Å². The molecule has 0 aliphatic heterocycles. The predicted molar refractivity (Wildman–Crippen MR) is 100 cm³/mol. The van der Waals surface area contributed by atoms with Gasteiger partial charge in [0.1, 0.15) is 17.4 Å². The molecule has 5 nitrogen and oxygen atoms in total. The van der Waals surface area contributed by atoms with Gasteiger partial charge in [-0.25, -0.2) is 4.98 Å². The average molecular weight is 356 g/mol. The summed E-state index contributed by atoms with van der Waals surface area (Å²) < 4.78 is 12.5. The number of hydrogen-bond acceptors (Lipinski definition) is 5. The van der Waals surface area contributed by atoms with Gasteiger partial charge in [0, 0.05) is 24.8 Å². The molecule has 1 amide bonds. The summed E-state index contributed by atoms with van der Waals surface area (Å²) in [5.41, 5.74) is 2.62. The van der Waals surface area contributed by atoms with Crippen molar-refractivity contribution in [1.29, 1.82) is 0 Å². The molecular formula is C19H20N2O3S. The lowest BCUT2D eigenvalue weighted by Crippen LogP contribution is -2.09. The number of anilines is 1. The molecule has 0 saturated carbocycles. The summed E-state index contributed by atoms with van der Waals surface area (Å²) in [6.45, 7) is 4.86. The summed E-state index contributed by atoms with van der Waals surface area (Å²) in [7, 11) is 0. The summed E-state index contributed by atoms with van der Waals surface area (Å²) in [6.07, 6.45) is 0. The Bertz CT molecular complexity index is 843. The largest absolute Gasteiger partial charge is 0.486 e. The Hall–Kier alpha value is -2.44. The number of carbonyl (C=O) groups is 1. The maximum absolute atomic E-state index is 11.3. The van der Waals surface area contributed by atoms with Crippen molar-refractivity contribution in [1.82, 2.24) is 4.98 Å². The molecule has 0 spiro atoms. The SMILES string of the molecule is CCOCc1cc(OCc2nc3ccccc3s2)ccc1NC(C)=O. The molecular weight excluding hydrogens is 336 g/mol. The minimum atomic E-state index is -0.110. The molecule has 3 rings (SSSR count). The number of thiazole rings is 1. The molecule has 0 radical (unpaired) electrons. The van der Waals surface area contributed by atoms with Crippen molar-refractivity contribution in [3.05, 3.63) is 53.0 Å².